The molecular weight excluding hydrogens is 442 g/mol. The molecule has 4 heterocycles. The standard InChI is InChI=1S/C25H27N9O/c1-18-2-5-20(6-3-18)21-14-24-31-23(17-33-10-12-35-13-11-33)32-34(24)25(30-21)28-9-8-27-22-7-4-19(15-26)16-29-22/h2-7,14,16H,8-13,17H2,1H3,(H,27,29)(H,28,30). The quantitative estimate of drug-likeness (QED) is 0.376. The molecule has 178 valence electrons. The molecule has 0 radical (unpaired) electrons. The van der Waals surface area contributed by atoms with Crippen LogP contribution < -0.4 is 10.6 Å². The molecule has 0 unspecified atom stereocenters. The van der Waals surface area contributed by atoms with Crippen LogP contribution in [0.15, 0.2) is 48.7 Å². The Labute approximate surface area is 203 Å². The van der Waals surface area contributed by atoms with E-state index in [1.807, 2.05) is 6.07 Å². The minimum atomic E-state index is 0.534. The van der Waals surface area contributed by atoms with E-state index in [9.17, 15) is 0 Å². The van der Waals surface area contributed by atoms with Crippen LogP contribution in [0.3, 0.4) is 0 Å². The van der Waals surface area contributed by atoms with Crippen LogP contribution in [0.1, 0.15) is 17.0 Å². The van der Waals surface area contributed by atoms with Crippen molar-refractivity contribution in [1.29, 1.82) is 5.26 Å². The second-order valence-corrected chi connectivity index (χ2v) is 8.42. The maximum Gasteiger partial charge on any atom is 0.226 e. The lowest BCUT2D eigenvalue weighted by molar-refractivity contribution is 0.0331. The highest BCUT2D eigenvalue weighted by atomic mass is 16.5. The first-order chi connectivity index (χ1) is 17.2. The van der Waals surface area contributed by atoms with Gasteiger partial charge in [-0.2, -0.15) is 9.78 Å². The smallest absolute Gasteiger partial charge is 0.226 e. The lowest BCUT2D eigenvalue weighted by Crippen LogP contribution is -2.35. The Morgan fingerprint density at radius 2 is 1.83 bits per heavy atom. The maximum absolute atomic E-state index is 8.92. The number of hydrogen-bond acceptors (Lipinski definition) is 9. The molecule has 0 bridgehead atoms. The third-order valence-electron chi connectivity index (χ3n) is 5.79. The number of nitrogens with one attached hydrogen (secondary N) is 2. The van der Waals surface area contributed by atoms with E-state index in [1.165, 1.54) is 5.56 Å². The zero-order chi connectivity index (χ0) is 24.0. The van der Waals surface area contributed by atoms with Crippen LogP contribution in [-0.2, 0) is 11.3 Å². The molecule has 0 saturated carbocycles. The van der Waals surface area contributed by atoms with Gasteiger partial charge in [0.1, 0.15) is 11.9 Å². The molecule has 2 N–H and O–H groups in total. The monoisotopic (exact) mass is 469 g/mol. The Bertz CT molecular complexity index is 1320. The van der Waals surface area contributed by atoms with E-state index < -0.39 is 0 Å². The lowest BCUT2D eigenvalue weighted by Gasteiger charge is -2.25. The topological polar surface area (TPSA) is 116 Å². The molecule has 1 aliphatic rings. The van der Waals surface area contributed by atoms with Crippen LogP contribution >= 0.6 is 0 Å². The van der Waals surface area contributed by atoms with Crippen molar-refractivity contribution in [2.75, 3.05) is 50.0 Å². The molecular formula is C25H27N9O. The first-order valence-corrected chi connectivity index (χ1v) is 11.7. The Kier molecular flexibility index (Phi) is 6.79. The van der Waals surface area contributed by atoms with Gasteiger partial charge in [0.25, 0.3) is 0 Å². The van der Waals surface area contributed by atoms with Gasteiger partial charge in [0.15, 0.2) is 11.5 Å². The zero-order valence-corrected chi connectivity index (χ0v) is 19.6. The Morgan fingerprint density at radius 1 is 1.03 bits per heavy atom. The molecule has 4 aromatic rings. The van der Waals surface area contributed by atoms with Crippen molar-refractivity contribution in [1.82, 2.24) is 29.5 Å². The number of aromatic nitrogens is 5. The second-order valence-electron chi connectivity index (χ2n) is 8.42. The number of aryl methyl sites for hydroxylation is 1. The van der Waals surface area contributed by atoms with E-state index in [2.05, 4.69) is 57.8 Å². The van der Waals surface area contributed by atoms with Gasteiger partial charge in [-0.3, -0.25) is 4.90 Å². The molecule has 1 aliphatic heterocycles. The summed E-state index contributed by atoms with van der Waals surface area (Å²) in [6.07, 6.45) is 1.55. The van der Waals surface area contributed by atoms with Crippen LogP contribution in [0, 0.1) is 18.3 Å². The first kappa shape index (κ1) is 22.7. The zero-order valence-electron chi connectivity index (χ0n) is 19.6. The molecule has 1 saturated heterocycles. The molecule has 35 heavy (non-hydrogen) atoms. The van der Waals surface area contributed by atoms with Crippen LogP contribution in [0.2, 0.25) is 0 Å². The van der Waals surface area contributed by atoms with Gasteiger partial charge in [0.2, 0.25) is 5.95 Å². The summed E-state index contributed by atoms with van der Waals surface area (Å²) in [5.74, 6) is 2.11. The van der Waals surface area contributed by atoms with Gasteiger partial charge in [0, 0.05) is 44.0 Å². The van der Waals surface area contributed by atoms with Gasteiger partial charge in [-0.05, 0) is 19.1 Å². The largest absolute Gasteiger partial charge is 0.379 e. The highest BCUT2D eigenvalue weighted by molar-refractivity contribution is 5.66. The predicted molar refractivity (Wildman–Crippen MR) is 133 cm³/mol. The summed E-state index contributed by atoms with van der Waals surface area (Å²) in [6.45, 7) is 7.19. The van der Waals surface area contributed by atoms with Crippen molar-refractivity contribution >= 4 is 17.4 Å². The van der Waals surface area contributed by atoms with Gasteiger partial charge in [-0.1, -0.05) is 29.8 Å². The summed E-state index contributed by atoms with van der Waals surface area (Å²) in [5, 5.41) is 20.3. The van der Waals surface area contributed by atoms with E-state index >= 15 is 0 Å². The number of fused-ring (bicyclic) bond motifs is 1. The van der Waals surface area contributed by atoms with Crippen LogP contribution in [-0.4, -0.2) is 68.9 Å². The normalized spacial score (nSPS) is 14.1. The molecule has 1 aromatic carbocycles. The van der Waals surface area contributed by atoms with Crippen molar-refractivity contribution in [3.63, 3.8) is 0 Å². The van der Waals surface area contributed by atoms with Crippen molar-refractivity contribution in [3.8, 4) is 17.3 Å². The molecule has 0 atom stereocenters. The van der Waals surface area contributed by atoms with Crippen molar-refractivity contribution < 1.29 is 4.74 Å². The number of nitrogens with zero attached hydrogens (tertiary/aromatic N) is 7. The molecule has 10 nitrogen and oxygen atoms in total. The van der Waals surface area contributed by atoms with Crippen molar-refractivity contribution in [2.24, 2.45) is 0 Å². The van der Waals surface area contributed by atoms with E-state index in [0.29, 0.717) is 37.0 Å². The minimum absolute atomic E-state index is 0.534. The number of hydrogen-bond donors (Lipinski definition) is 2. The van der Waals surface area contributed by atoms with Crippen LogP contribution in [0.25, 0.3) is 16.9 Å². The molecule has 10 heteroatoms. The Hall–Kier alpha value is -4.07. The highest BCUT2D eigenvalue weighted by Crippen LogP contribution is 2.22. The van der Waals surface area contributed by atoms with E-state index in [-0.39, 0.29) is 0 Å². The summed E-state index contributed by atoms with van der Waals surface area (Å²) >= 11 is 0. The SMILES string of the molecule is Cc1ccc(-c2cc3nc(CN4CCOCC4)nn3c(NCCNc3ccc(C#N)cn3)n2)cc1. The third kappa shape index (κ3) is 5.54. The van der Waals surface area contributed by atoms with E-state index in [1.54, 1.807) is 22.8 Å². The summed E-state index contributed by atoms with van der Waals surface area (Å²) in [5.41, 5.74) is 4.35. The third-order valence-corrected chi connectivity index (χ3v) is 5.79. The van der Waals surface area contributed by atoms with Crippen LogP contribution in [0.5, 0.6) is 0 Å². The number of benzene rings is 1. The average molecular weight is 470 g/mol. The van der Waals surface area contributed by atoms with E-state index in [0.717, 1.165) is 49.0 Å². The lowest BCUT2D eigenvalue weighted by atomic mass is 10.1. The summed E-state index contributed by atoms with van der Waals surface area (Å²) in [7, 11) is 0. The first-order valence-electron chi connectivity index (χ1n) is 11.7. The van der Waals surface area contributed by atoms with Crippen molar-refractivity contribution in [2.45, 2.75) is 13.5 Å². The van der Waals surface area contributed by atoms with Gasteiger partial charge in [0.05, 0.1) is 31.0 Å². The maximum atomic E-state index is 8.92. The molecule has 3 aromatic heterocycles. The fraction of sp³-hybridized carbons (Fsp3) is 0.320. The number of nitriles is 1. The minimum Gasteiger partial charge on any atom is -0.379 e. The van der Waals surface area contributed by atoms with Crippen LogP contribution in [0.4, 0.5) is 11.8 Å². The molecule has 5 rings (SSSR count). The molecule has 0 spiro atoms. The van der Waals surface area contributed by atoms with Gasteiger partial charge < -0.3 is 15.4 Å². The summed E-state index contributed by atoms with van der Waals surface area (Å²) in [6, 6.07) is 15.9. The molecule has 1 fully saturated rings. The van der Waals surface area contributed by atoms with Crippen molar-refractivity contribution in [3.05, 3.63) is 65.6 Å². The number of anilines is 2. The van der Waals surface area contributed by atoms with Gasteiger partial charge in [-0.25, -0.2) is 15.0 Å². The summed E-state index contributed by atoms with van der Waals surface area (Å²) in [4.78, 5) is 16.2. The van der Waals surface area contributed by atoms with Gasteiger partial charge >= 0.3 is 0 Å². The number of ether oxygens (including phenoxy) is 1. The second kappa shape index (κ2) is 10.5. The summed E-state index contributed by atoms with van der Waals surface area (Å²) < 4.78 is 7.23. The molecule has 0 aliphatic carbocycles. The fourth-order valence-corrected chi connectivity index (χ4v) is 3.88. The number of morpholine rings is 1. The fourth-order valence-electron chi connectivity index (χ4n) is 3.88. The highest BCUT2D eigenvalue weighted by Gasteiger charge is 2.16. The Morgan fingerprint density at radius 3 is 2.57 bits per heavy atom. The Balaban J connectivity index is 1.35. The average Bonchev–Trinajstić information content (AvgIpc) is 3.30. The number of pyridine rings is 1. The predicted octanol–water partition coefficient (Wildman–Crippen LogP) is 2.72. The molecule has 0 amide bonds. The van der Waals surface area contributed by atoms with Gasteiger partial charge in [-0.15, -0.1) is 5.10 Å². The van der Waals surface area contributed by atoms with E-state index in [4.69, 9.17) is 25.1 Å². The number of rotatable bonds is 8.